The van der Waals surface area contributed by atoms with Gasteiger partial charge < -0.3 is 9.64 Å². The van der Waals surface area contributed by atoms with E-state index in [0.29, 0.717) is 18.9 Å². The van der Waals surface area contributed by atoms with Crippen LogP contribution >= 0.6 is 0 Å². The molecule has 1 heterocycles. The number of nitrogens with zero attached hydrogens (tertiary/aromatic N) is 1. The third-order valence-corrected chi connectivity index (χ3v) is 7.62. The molecule has 34 heavy (non-hydrogen) atoms. The molecule has 2 aliphatic rings. The molecule has 0 aromatic heterocycles. The quantitative estimate of drug-likeness (QED) is 0.559. The fourth-order valence-corrected chi connectivity index (χ4v) is 6.01. The van der Waals surface area contributed by atoms with E-state index in [1.54, 1.807) is 4.90 Å². The molecule has 1 N–H and O–H groups in total. The molecule has 0 unspecified atom stereocenters. The minimum atomic E-state index is -3.48. The van der Waals surface area contributed by atoms with Crippen LogP contribution in [0.25, 0.3) is 0 Å². The minimum absolute atomic E-state index is 0.0485. The standard InChI is InChI=1S/C25H31F3N2O3S/c1-34(31,32)29-22-13-14-30(23-12-9-19(25(27)28)15-21(23)26)24(22)16-33-20-10-7-18(8-11-20)17-5-3-2-4-6-17/h2-6,9,12,15,18,20,22,24-25,29H,7-8,10-11,13-14,16H2,1H3/t18-,20+,22-,24-/m0/s1. The smallest absolute Gasteiger partial charge is 0.263 e. The van der Waals surface area contributed by atoms with Crippen molar-refractivity contribution in [2.45, 2.75) is 62.6 Å². The van der Waals surface area contributed by atoms with Gasteiger partial charge in [-0.1, -0.05) is 36.4 Å². The van der Waals surface area contributed by atoms with Crippen molar-refractivity contribution in [2.75, 3.05) is 24.3 Å². The van der Waals surface area contributed by atoms with Gasteiger partial charge in [0, 0.05) is 18.2 Å². The lowest BCUT2D eigenvalue weighted by molar-refractivity contribution is 0.0156. The van der Waals surface area contributed by atoms with E-state index < -0.39 is 34.3 Å². The number of halogens is 3. The summed E-state index contributed by atoms with van der Waals surface area (Å²) in [6.07, 6.45) is 2.67. The lowest BCUT2D eigenvalue weighted by Gasteiger charge is -2.34. The highest BCUT2D eigenvalue weighted by atomic mass is 32.2. The van der Waals surface area contributed by atoms with Crippen LogP contribution < -0.4 is 9.62 Å². The molecule has 0 bridgehead atoms. The Morgan fingerprint density at radius 1 is 1.06 bits per heavy atom. The van der Waals surface area contributed by atoms with Crippen molar-refractivity contribution in [1.82, 2.24) is 4.72 Å². The topological polar surface area (TPSA) is 58.6 Å². The first-order valence-corrected chi connectivity index (χ1v) is 13.6. The highest BCUT2D eigenvalue weighted by molar-refractivity contribution is 7.88. The molecule has 0 amide bonds. The van der Waals surface area contributed by atoms with Gasteiger partial charge in [-0.05, 0) is 55.7 Å². The van der Waals surface area contributed by atoms with Crippen molar-refractivity contribution < 1.29 is 26.3 Å². The molecule has 2 atom stereocenters. The molecule has 1 saturated heterocycles. The number of sulfonamides is 1. The number of anilines is 1. The summed E-state index contributed by atoms with van der Waals surface area (Å²) in [6, 6.07) is 12.9. The third kappa shape index (κ3) is 6.12. The first-order valence-electron chi connectivity index (χ1n) is 11.7. The summed E-state index contributed by atoms with van der Waals surface area (Å²) in [5.74, 6) is -0.239. The van der Waals surface area contributed by atoms with Crippen LogP contribution in [0.3, 0.4) is 0 Å². The zero-order valence-electron chi connectivity index (χ0n) is 19.2. The molecule has 1 saturated carbocycles. The lowest BCUT2D eigenvalue weighted by Crippen LogP contribution is -2.48. The van der Waals surface area contributed by atoms with Crippen molar-refractivity contribution in [3.63, 3.8) is 0 Å². The molecule has 9 heteroatoms. The number of hydrogen-bond acceptors (Lipinski definition) is 4. The zero-order chi connectivity index (χ0) is 24.3. The molecule has 2 fully saturated rings. The van der Waals surface area contributed by atoms with Crippen molar-refractivity contribution in [3.8, 4) is 0 Å². The van der Waals surface area contributed by atoms with Gasteiger partial charge in [-0.3, -0.25) is 0 Å². The number of nitrogens with one attached hydrogen (secondary N) is 1. The van der Waals surface area contributed by atoms with Crippen molar-refractivity contribution >= 4 is 15.7 Å². The highest BCUT2D eigenvalue weighted by Gasteiger charge is 2.38. The van der Waals surface area contributed by atoms with Gasteiger partial charge in [-0.15, -0.1) is 0 Å². The van der Waals surface area contributed by atoms with E-state index in [-0.39, 0.29) is 24.0 Å². The van der Waals surface area contributed by atoms with Crippen molar-refractivity contribution in [1.29, 1.82) is 0 Å². The Kier molecular flexibility index (Phi) is 7.84. The summed E-state index contributed by atoms with van der Waals surface area (Å²) in [5.41, 5.74) is 1.14. The predicted octanol–water partition coefficient (Wildman–Crippen LogP) is 5.00. The highest BCUT2D eigenvalue weighted by Crippen LogP contribution is 2.35. The molecule has 5 nitrogen and oxygen atoms in total. The maximum Gasteiger partial charge on any atom is 0.263 e. The summed E-state index contributed by atoms with van der Waals surface area (Å²) in [6.45, 7) is 0.622. The zero-order valence-corrected chi connectivity index (χ0v) is 20.0. The van der Waals surface area contributed by atoms with Gasteiger partial charge in [0.1, 0.15) is 5.82 Å². The molecule has 2 aromatic rings. The summed E-state index contributed by atoms with van der Waals surface area (Å²) >= 11 is 0. The number of rotatable bonds is 8. The maximum absolute atomic E-state index is 14.7. The van der Waals surface area contributed by atoms with E-state index >= 15 is 0 Å². The number of ether oxygens (including phenoxy) is 1. The van der Waals surface area contributed by atoms with Crippen LogP contribution in [0.5, 0.6) is 0 Å². The molecule has 0 spiro atoms. The molecule has 0 radical (unpaired) electrons. The van der Waals surface area contributed by atoms with Gasteiger partial charge in [-0.25, -0.2) is 26.3 Å². The maximum atomic E-state index is 14.7. The summed E-state index contributed by atoms with van der Waals surface area (Å²) in [7, 11) is -3.48. The van der Waals surface area contributed by atoms with E-state index in [1.165, 1.54) is 17.7 Å². The molecular formula is C25H31F3N2O3S. The van der Waals surface area contributed by atoms with Crippen LogP contribution in [0.4, 0.5) is 18.9 Å². The Bertz CT molecular complexity index is 1060. The van der Waals surface area contributed by atoms with Crippen LogP contribution in [0.15, 0.2) is 48.5 Å². The monoisotopic (exact) mass is 496 g/mol. The average Bonchev–Trinajstić information content (AvgIpc) is 3.18. The fraction of sp³-hybridized carbons (Fsp3) is 0.520. The second kappa shape index (κ2) is 10.7. The molecule has 186 valence electrons. The lowest BCUT2D eigenvalue weighted by atomic mass is 9.83. The molecule has 1 aliphatic carbocycles. The Labute approximate surface area is 199 Å². The molecule has 2 aromatic carbocycles. The van der Waals surface area contributed by atoms with Gasteiger partial charge in [0.25, 0.3) is 6.43 Å². The molecule has 4 rings (SSSR count). The largest absolute Gasteiger partial charge is 0.376 e. The second-order valence-corrected chi connectivity index (χ2v) is 11.1. The minimum Gasteiger partial charge on any atom is -0.376 e. The number of alkyl halides is 2. The summed E-state index contributed by atoms with van der Waals surface area (Å²) in [5, 5.41) is 0. The van der Waals surface area contributed by atoms with E-state index in [1.807, 2.05) is 6.07 Å². The fourth-order valence-electron chi connectivity index (χ4n) is 5.19. The van der Waals surface area contributed by atoms with E-state index in [2.05, 4.69) is 29.0 Å². The van der Waals surface area contributed by atoms with Gasteiger partial charge in [0.15, 0.2) is 0 Å². The number of benzene rings is 2. The number of hydrogen-bond donors (Lipinski definition) is 1. The Hall–Kier alpha value is -2.10. The van der Waals surface area contributed by atoms with Gasteiger partial charge in [0.05, 0.1) is 30.7 Å². The summed E-state index contributed by atoms with van der Waals surface area (Å²) in [4.78, 5) is 1.74. The normalized spacial score (nSPS) is 25.7. The molecule has 1 aliphatic heterocycles. The van der Waals surface area contributed by atoms with Crippen LogP contribution in [0.1, 0.15) is 55.6 Å². The van der Waals surface area contributed by atoms with Gasteiger partial charge >= 0.3 is 0 Å². The Morgan fingerprint density at radius 3 is 2.38 bits per heavy atom. The second-order valence-electron chi connectivity index (χ2n) is 9.28. The van der Waals surface area contributed by atoms with Gasteiger partial charge in [0.2, 0.25) is 10.0 Å². The van der Waals surface area contributed by atoms with E-state index in [9.17, 15) is 21.6 Å². The van der Waals surface area contributed by atoms with Crippen molar-refractivity contribution in [3.05, 3.63) is 65.5 Å². The Balaban J connectivity index is 1.44. The SMILES string of the molecule is CS(=O)(=O)N[C@H]1CCN(c2ccc(C(F)F)cc2F)[C@H]1CO[C@H]1CC[C@@H](c2ccccc2)CC1. The average molecular weight is 497 g/mol. The predicted molar refractivity (Wildman–Crippen MR) is 126 cm³/mol. The molecular weight excluding hydrogens is 465 g/mol. The summed E-state index contributed by atoms with van der Waals surface area (Å²) < 4.78 is 73.4. The van der Waals surface area contributed by atoms with Gasteiger partial charge in [-0.2, -0.15) is 0 Å². The van der Waals surface area contributed by atoms with Crippen LogP contribution in [0.2, 0.25) is 0 Å². The third-order valence-electron chi connectivity index (χ3n) is 6.89. The van der Waals surface area contributed by atoms with E-state index in [0.717, 1.165) is 38.0 Å². The first-order chi connectivity index (χ1) is 16.2. The van der Waals surface area contributed by atoms with Crippen LogP contribution in [-0.4, -0.2) is 46.0 Å². The van der Waals surface area contributed by atoms with E-state index in [4.69, 9.17) is 4.74 Å². The van der Waals surface area contributed by atoms with Crippen LogP contribution in [0, 0.1) is 5.82 Å². The first kappa shape index (κ1) is 25.0. The van der Waals surface area contributed by atoms with Crippen molar-refractivity contribution in [2.24, 2.45) is 0 Å². The van der Waals surface area contributed by atoms with Crippen LogP contribution in [-0.2, 0) is 14.8 Å². The Morgan fingerprint density at radius 2 is 1.76 bits per heavy atom.